The Balaban J connectivity index is 2.04. The fraction of sp³-hybridized carbons (Fsp3) is 0.318. The zero-order valence-corrected chi connectivity index (χ0v) is 16.1. The van der Waals surface area contributed by atoms with Crippen molar-refractivity contribution < 1.29 is 19.1 Å². The van der Waals surface area contributed by atoms with E-state index in [-0.39, 0.29) is 17.6 Å². The highest BCUT2D eigenvalue weighted by atomic mass is 16.5. The molecule has 0 aliphatic carbocycles. The number of rotatable bonds is 7. The van der Waals surface area contributed by atoms with E-state index < -0.39 is 18.1 Å². The summed E-state index contributed by atoms with van der Waals surface area (Å²) in [6.07, 6.45) is -0.935. The molecule has 2 rings (SSSR count). The first kappa shape index (κ1) is 20.4. The van der Waals surface area contributed by atoms with Crippen molar-refractivity contribution in [2.75, 3.05) is 0 Å². The average molecular weight is 367 g/mol. The minimum atomic E-state index is -0.935. The molecule has 0 radical (unpaired) electrons. The average Bonchev–Trinajstić information content (AvgIpc) is 2.66. The Morgan fingerprint density at radius 2 is 1.44 bits per heavy atom. The molecular weight excluding hydrogens is 342 g/mol. The summed E-state index contributed by atoms with van der Waals surface area (Å²) in [5.74, 6) is -1.45. The highest BCUT2D eigenvalue weighted by molar-refractivity contribution is 6.01. The summed E-state index contributed by atoms with van der Waals surface area (Å²) in [6.45, 7) is 7.09. The van der Waals surface area contributed by atoms with E-state index in [4.69, 9.17) is 4.74 Å². The summed E-state index contributed by atoms with van der Waals surface area (Å²) in [4.78, 5) is 37.4. The largest absolute Gasteiger partial charge is 0.453 e. The second-order valence-electron chi connectivity index (χ2n) is 6.87. The molecule has 0 saturated carbocycles. The molecule has 0 heterocycles. The Labute approximate surface area is 159 Å². The van der Waals surface area contributed by atoms with Crippen molar-refractivity contribution in [2.45, 2.75) is 39.8 Å². The highest BCUT2D eigenvalue weighted by Crippen LogP contribution is 2.12. The lowest BCUT2D eigenvalue weighted by atomic mass is 10.0. The van der Waals surface area contributed by atoms with E-state index in [0.717, 1.165) is 5.56 Å². The fourth-order valence-corrected chi connectivity index (χ4v) is 2.57. The molecule has 5 heteroatoms. The molecule has 2 aromatic rings. The maximum Gasteiger partial charge on any atom is 0.329 e. The number of carbonyl (C=O) groups excluding carboxylic acids is 3. The topological polar surface area (TPSA) is 72.5 Å². The molecule has 27 heavy (non-hydrogen) atoms. The Morgan fingerprint density at radius 1 is 0.852 bits per heavy atom. The second kappa shape index (κ2) is 9.12. The van der Waals surface area contributed by atoms with Gasteiger partial charge in [0.1, 0.15) is 6.04 Å². The monoisotopic (exact) mass is 367 g/mol. The van der Waals surface area contributed by atoms with Crippen molar-refractivity contribution in [3.63, 3.8) is 0 Å². The molecule has 142 valence electrons. The van der Waals surface area contributed by atoms with E-state index in [1.165, 1.54) is 6.92 Å². The Morgan fingerprint density at radius 3 is 2.00 bits per heavy atom. The van der Waals surface area contributed by atoms with E-state index in [1.807, 2.05) is 39.0 Å². The molecular formula is C22H25NO4. The molecule has 0 aliphatic heterocycles. The van der Waals surface area contributed by atoms with E-state index >= 15 is 0 Å². The molecule has 0 saturated heterocycles. The number of hydrogen-bond donors (Lipinski definition) is 1. The van der Waals surface area contributed by atoms with Gasteiger partial charge in [-0.1, -0.05) is 61.9 Å². The molecule has 0 spiro atoms. The minimum Gasteiger partial charge on any atom is -0.453 e. The van der Waals surface area contributed by atoms with Gasteiger partial charge in [-0.15, -0.1) is 0 Å². The van der Waals surface area contributed by atoms with Crippen molar-refractivity contribution >= 4 is 17.7 Å². The summed E-state index contributed by atoms with van der Waals surface area (Å²) in [6, 6.07) is 14.9. The van der Waals surface area contributed by atoms with Crippen LogP contribution in [-0.4, -0.2) is 29.8 Å². The number of ketones is 1. The zero-order valence-electron chi connectivity index (χ0n) is 16.1. The Hall–Kier alpha value is -2.95. The van der Waals surface area contributed by atoms with Gasteiger partial charge >= 0.3 is 5.97 Å². The van der Waals surface area contributed by atoms with Crippen LogP contribution in [0.15, 0.2) is 54.6 Å². The summed E-state index contributed by atoms with van der Waals surface area (Å²) in [5.41, 5.74) is 1.98. The number of carbonyl (C=O) groups is 3. The van der Waals surface area contributed by atoms with Crippen molar-refractivity contribution in [1.29, 1.82) is 0 Å². The quantitative estimate of drug-likeness (QED) is 0.600. The molecule has 0 bridgehead atoms. The predicted molar refractivity (Wildman–Crippen MR) is 104 cm³/mol. The number of esters is 1. The van der Waals surface area contributed by atoms with Crippen LogP contribution in [0.25, 0.3) is 0 Å². The number of nitrogens with one attached hydrogen (secondary N) is 1. The third-order valence-electron chi connectivity index (χ3n) is 4.24. The van der Waals surface area contributed by atoms with Gasteiger partial charge in [-0.05, 0) is 31.9 Å². The normalized spacial score (nSPS) is 12.9. The third-order valence-corrected chi connectivity index (χ3v) is 4.24. The second-order valence-corrected chi connectivity index (χ2v) is 6.87. The first-order chi connectivity index (χ1) is 12.8. The first-order valence-corrected chi connectivity index (χ1v) is 8.97. The third kappa shape index (κ3) is 5.51. The smallest absolute Gasteiger partial charge is 0.329 e. The van der Waals surface area contributed by atoms with Gasteiger partial charge in [0.25, 0.3) is 5.91 Å². The van der Waals surface area contributed by atoms with Crippen molar-refractivity contribution in [3.8, 4) is 0 Å². The Bertz CT molecular complexity index is 797. The number of Topliss-reactive ketones (excluding diaryl/α,β-unsaturated/α-hetero) is 1. The number of ether oxygens (including phenoxy) is 1. The van der Waals surface area contributed by atoms with Gasteiger partial charge in [-0.3, -0.25) is 9.59 Å². The minimum absolute atomic E-state index is 0.188. The van der Waals surface area contributed by atoms with Crippen LogP contribution in [0.4, 0.5) is 0 Å². The lowest BCUT2D eigenvalue weighted by molar-refractivity contribution is -0.149. The number of aryl methyl sites for hydroxylation is 1. The van der Waals surface area contributed by atoms with Crippen LogP contribution in [0.2, 0.25) is 0 Å². The molecule has 1 N–H and O–H groups in total. The maximum atomic E-state index is 12.6. The predicted octanol–water partition coefficient (Wildman–Crippen LogP) is 3.56. The van der Waals surface area contributed by atoms with Gasteiger partial charge in [0.15, 0.2) is 6.10 Å². The molecule has 5 nitrogen and oxygen atoms in total. The summed E-state index contributed by atoms with van der Waals surface area (Å²) in [7, 11) is 0. The highest BCUT2D eigenvalue weighted by Gasteiger charge is 2.29. The van der Waals surface area contributed by atoms with Gasteiger partial charge in [0.05, 0.1) is 0 Å². The lowest BCUT2D eigenvalue weighted by Gasteiger charge is -2.23. The van der Waals surface area contributed by atoms with Crippen molar-refractivity contribution in [1.82, 2.24) is 5.32 Å². The van der Waals surface area contributed by atoms with Crippen molar-refractivity contribution in [2.24, 2.45) is 5.92 Å². The molecule has 1 amide bonds. The number of hydrogen-bond acceptors (Lipinski definition) is 4. The van der Waals surface area contributed by atoms with E-state index in [0.29, 0.717) is 11.1 Å². The molecule has 2 atom stereocenters. The van der Waals surface area contributed by atoms with Crippen LogP contribution in [-0.2, 0) is 9.53 Å². The van der Waals surface area contributed by atoms with Gasteiger partial charge in [0.2, 0.25) is 5.78 Å². The first-order valence-electron chi connectivity index (χ1n) is 8.97. The van der Waals surface area contributed by atoms with Crippen LogP contribution in [0.1, 0.15) is 47.1 Å². The van der Waals surface area contributed by atoms with Crippen LogP contribution in [0, 0.1) is 12.8 Å². The number of benzene rings is 2. The fourth-order valence-electron chi connectivity index (χ4n) is 2.57. The molecule has 1 unspecified atom stereocenters. The van der Waals surface area contributed by atoms with E-state index in [9.17, 15) is 14.4 Å². The van der Waals surface area contributed by atoms with E-state index in [1.54, 1.807) is 36.4 Å². The molecule has 0 fully saturated rings. The van der Waals surface area contributed by atoms with Gasteiger partial charge in [-0.2, -0.15) is 0 Å². The lowest BCUT2D eigenvalue weighted by Crippen LogP contribution is -2.46. The molecule has 2 aromatic carbocycles. The molecule has 0 aromatic heterocycles. The maximum absolute atomic E-state index is 12.6. The van der Waals surface area contributed by atoms with Crippen LogP contribution in [0.3, 0.4) is 0 Å². The van der Waals surface area contributed by atoms with Gasteiger partial charge in [-0.25, -0.2) is 4.79 Å². The summed E-state index contributed by atoms with van der Waals surface area (Å²) >= 11 is 0. The van der Waals surface area contributed by atoms with Crippen LogP contribution >= 0.6 is 0 Å². The van der Waals surface area contributed by atoms with Crippen molar-refractivity contribution in [3.05, 3.63) is 71.3 Å². The number of amides is 1. The summed E-state index contributed by atoms with van der Waals surface area (Å²) < 4.78 is 5.35. The summed E-state index contributed by atoms with van der Waals surface area (Å²) in [5, 5.41) is 2.70. The van der Waals surface area contributed by atoms with Crippen LogP contribution < -0.4 is 5.32 Å². The van der Waals surface area contributed by atoms with Gasteiger partial charge < -0.3 is 10.1 Å². The zero-order chi connectivity index (χ0) is 20.0. The molecule has 0 aliphatic rings. The Kier molecular flexibility index (Phi) is 6.88. The standard InChI is InChI=1S/C22H25NO4/c1-14(2)19(23-21(25)18-8-6-5-7-9-18)22(26)27-16(4)20(24)17-12-10-15(3)11-13-17/h5-14,16,19H,1-4H3,(H,23,25)/t16?,19-/m0/s1. The van der Waals surface area contributed by atoms with Crippen LogP contribution in [0.5, 0.6) is 0 Å². The van der Waals surface area contributed by atoms with E-state index in [2.05, 4.69) is 5.32 Å². The van der Waals surface area contributed by atoms with Gasteiger partial charge in [0, 0.05) is 11.1 Å². The SMILES string of the molecule is Cc1ccc(C(=O)C(C)OC(=O)[C@@H](NC(=O)c2ccccc2)C(C)C)cc1.